The summed E-state index contributed by atoms with van der Waals surface area (Å²) in [5, 5.41) is 14.0. The van der Waals surface area contributed by atoms with Gasteiger partial charge in [0, 0.05) is 17.8 Å². The SMILES string of the molecule is NCC1CCCCC1Nc1ccc(F)c([N+](=O)[O-])c1. The average molecular weight is 267 g/mol. The molecular weight excluding hydrogens is 249 g/mol. The molecular formula is C13H18FN3O2. The maximum atomic E-state index is 13.3. The highest BCUT2D eigenvalue weighted by molar-refractivity contribution is 5.52. The van der Waals surface area contributed by atoms with Crippen molar-refractivity contribution in [1.82, 2.24) is 0 Å². The Kier molecular flexibility index (Phi) is 4.31. The van der Waals surface area contributed by atoms with Crippen LogP contribution in [0.4, 0.5) is 15.8 Å². The fourth-order valence-electron chi connectivity index (χ4n) is 2.64. The number of nitro groups is 1. The van der Waals surface area contributed by atoms with Crippen LogP contribution in [0.1, 0.15) is 25.7 Å². The van der Waals surface area contributed by atoms with E-state index in [4.69, 9.17) is 5.73 Å². The predicted molar refractivity (Wildman–Crippen MR) is 71.5 cm³/mol. The van der Waals surface area contributed by atoms with E-state index in [1.807, 2.05) is 0 Å². The summed E-state index contributed by atoms with van der Waals surface area (Å²) in [7, 11) is 0. The van der Waals surface area contributed by atoms with Gasteiger partial charge in [-0.15, -0.1) is 0 Å². The van der Waals surface area contributed by atoms with Gasteiger partial charge in [-0.25, -0.2) is 0 Å². The van der Waals surface area contributed by atoms with Crippen molar-refractivity contribution < 1.29 is 9.31 Å². The van der Waals surface area contributed by atoms with Crippen LogP contribution in [0.3, 0.4) is 0 Å². The van der Waals surface area contributed by atoms with Gasteiger partial charge in [-0.3, -0.25) is 10.1 Å². The zero-order chi connectivity index (χ0) is 13.8. The van der Waals surface area contributed by atoms with E-state index < -0.39 is 16.4 Å². The van der Waals surface area contributed by atoms with E-state index in [-0.39, 0.29) is 6.04 Å². The Morgan fingerprint density at radius 2 is 2.16 bits per heavy atom. The van der Waals surface area contributed by atoms with Gasteiger partial charge in [0.25, 0.3) is 0 Å². The number of benzene rings is 1. The van der Waals surface area contributed by atoms with Crippen LogP contribution in [-0.4, -0.2) is 17.5 Å². The third-order valence-corrected chi connectivity index (χ3v) is 3.71. The summed E-state index contributed by atoms with van der Waals surface area (Å²) in [5.41, 5.74) is 5.83. The molecule has 0 radical (unpaired) electrons. The quantitative estimate of drug-likeness (QED) is 0.649. The molecule has 6 heteroatoms. The van der Waals surface area contributed by atoms with E-state index >= 15 is 0 Å². The van der Waals surface area contributed by atoms with E-state index in [2.05, 4.69) is 5.32 Å². The second-order valence-corrected chi connectivity index (χ2v) is 4.95. The molecule has 1 saturated carbocycles. The summed E-state index contributed by atoms with van der Waals surface area (Å²) in [5.74, 6) is -0.438. The summed E-state index contributed by atoms with van der Waals surface area (Å²) >= 11 is 0. The molecule has 1 aromatic rings. The molecule has 19 heavy (non-hydrogen) atoms. The van der Waals surface area contributed by atoms with Gasteiger partial charge in [0.05, 0.1) is 4.92 Å². The minimum absolute atomic E-state index is 0.212. The molecule has 5 nitrogen and oxygen atoms in total. The minimum atomic E-state index is -0.811. The lowest BCUT2D eigenvalue weighted by Crippen LogP contribution is -2.36. The molecule has 0 saturated heterocycles. The first kappa shape index (κ1) is 13.7. The predicted octanol–water partition coefficient (Wildman–Crippen LogP) is 2.66. The third-order valence-electron chi connectivity index (χ3n) is 3.71. The summed E-state index contributed by atoms with van der Waals surface area (Å²) in [6, 6.07) is 4.12. The van der Waals surface area contributed by atoms with Crippen LogP contribution in [0.25, 0.3) is 0 Å². The second kappa shape index (κ2) is 5.97. The summed E-state index contributed by atoms with van der Waals surface area (Å²) < 4.78 is 13.3. The normalized spacial score (nSPS) is 23.1. The highest BCUT2D eigenvalue weighted by atomic mass is 19.1. The van der Waals surface area contributed by atoms with Crippen LogP contribution < -0.4 is 11.1 Å². The Morgan fingerprint density at radius 1 is 1.42 bits per heavy atom. The summed E-state index contributed by atoms with van der Waals surface area (Å²) in [6.45, 7) is 0.598. The Labute approximate surface area is 111 Å². The molecule has 0 bridgehead atoms. The molecule has 1 aromatic carbocycles. The first-order chi connectivity index (χ1) is 9.11. The lowest BCUT2D eigenvalue weighted by atomic mass is 9.84. The number of rotatable bonds is 4. The van der Waals surface area contributed by atoms with Gasteiger partial charge in [0.2, 0.25) is 5.82 Å². The van der Waals surface area contributed by atoms with Gasteiger partial charge in [-0.2, -0.15) is 4.39 Å². The minimum Gasteiger partial charge on any atom is -0.382 e. The van der Waals surface area contributed by atoms with Crippen molar-refractivity contribution in [2.75, 3.05) is 11.9 Å². The summed E-state index contributed by atoms with van der Waals surface area (Å²) in [6.07, 6.45) is 4.35. The van der Waals surface area contributed by atoms with E-state index in [1.54, 1.807) is 0 Å². The Bertz CT molecular complexity index is 467. The van der Waals surface area contributed by atoms with Crippen molar-refractivity contribution in [2.24, 2.45) is 11.7 Å². The topological polar surface area (TPSA) is 81.2 Å². The van der Waals surface area contributed by atoms with Crippen molar-refractivity contribution in [3.63, 3.8) is 0 Å². The van der Waals surface area contributed by atoms with E-state index in [0.29, 0.717) is 18.2 Å². The van der Waals surface area contributed by atoms with Crippen molar-refractivity contribution in [1.29, 1.82) is 0 Å². The van der Waals surface area contributed by atoms with Crippen LogP contribution in [0, 0.1) is 21.8 Å². The zero-order valence-corrected chi connectivity index (χ0v) is 10.6. The molecule has 2 atom stereocenters. The molecule has 104 valence electrons. The highest BCUT2D eigenvalue weighted by Crippen LogP contribution is 2.28. The molecule has 3 N–H and O–H groups in total. The highest BCUT2D eigenvalue weighted by Gasteiger charge is 2.24. The van der Waals surface area contributed by atoms with Crippen molar-refractivity contribution >= 4 is 11.4 Å². The summed E-state index contributed by atoms with van der Waals surface area (Å²) in [4.78, 5) is 10.00. The molecule has 0 aromatic heterocycles. The smallest absolute Gasteiger partial charge is 0.306 e. The Hall–Kier alpha value is -1.69. The van der Waals surface area contributed by atoms with Crippen molar-refractivity contribution in [3.05, 3.63) is 34.1 Å². The third kappa shape index (κ3) is 3.20. The monoisotopic (exact) mass is 267 g/mol. The molecule has 1 fully saturated rings. The number of halogens is 1. The van der Waals surface area contributed by atoms with Gasteiger partial charge >= 0.3 is 5.69 Å². The van der Waals surface area contributed by atoms with Crippen LogP contribution in [0.5, 0.6) is 0 Å². The Balaban J connectivity index is 2.14. The first-order valence-electron chi connectivity index (χ1n) is 6.52. The molecule has 0 heterocycles. The number of hydrogen-bond donors (Lipinski definition) is 2. The van der Waals surface area contributed by atoms with Crippen LogP contribution in [0.2, 0.25) is 0 Å². The second-order valence-electron chi connectivity index (χ2n) is 4.95. The zero-order valence-electron chi connectivity index (χ0n) is 10.6. The number of nitro benzene ring substituents is 1. The number of nitrogens with zero attached hydrogens (tertiary/aromatic N) is 1. The average Bonchev–Trinajstić information content (AvgIpc) is 2.41. The number of nitrogens with one attached hydrogen (secondary N) is 1. The van der Waals surface area contributed by atoms with Crippen LogP contribution in [0.15, 0.2) is 18.2 Å². The number of nitrogens with two attached hydrogens (primary N) is 1. The van der Waals surface area contributed by atoms with Gasteiger partial charge in [-0.05, 0) is 37.4 Å². The number of hydrogen-bond acceptors (Lipinski definition) is 4. The molecule has 2 rings (SSSR count). The molecule has 0 spiro atoms. The van der Waals surface area contributed by atoms with Gasteiger partial charge in [0.1, 0.15) is 0 Å². The maximum absolute atomic E-state index is 13.3. The maximum Gasteiger partial charge on any atom is 0.306 e. The molecule has 0 amide bonds. The first-order valence-corrected chi connectivity index (χ1v) is 6.52. The molecule has 0 aliphatic heterocycles. The molecule has 1 aliphatic rings. The molecule has 1 aliphatic carbocycles. The van der Waals surface area contributed by atoms with Gasteiger partial charge in [-0.1, -0.05) is 12.8 Å². The number of anilines is 1. The van der Waals surface area contributed by atoms with Crippen molar-refractivity contribution in [2.45, 2.75) is 31.7 Å². The fourth-order valence-corrected chi connectivity index (χ4v) is 2.64. The standard InChI is InChI=1S/C13H18FN3O2/c14-11-6-5-10(7-13(11)17(18)19)16-12-4-2-1-3-9(12)8-15/h5-7,9,12,16H,1-4,8,15H2. The van der Waals surface area contributed by atoms with E-state index in [9.17, 15) is 14.5 Å². The van der Waals surface area contributed by atoms with Crippen LogP contribution in [-0.2, 0) is 0 Å². The lowest BCUT2D eigenvalue weighted by Gasteiger charge is -2.32. The van der Waals surface area contributed by atoms with Gasteiger partial charge in [0.15, 0.2) is 0 Å². The lowest BCUT2D eigenvalue weighted by molar-refractivity contribution is -0.387. The fraction of sp³-hybridized carbons (Fsp3) is 0.538. The molecule has 2 unspecified atom stereocenters. The van der Waals surface area contributed by atoms with E-state index in [0.717, 1.165) is 25.3 Å². The van der Waals surface area contributed by atoms with Gasteiger partial charge < -0.3 is 11.1 Å². The van der Waals surface area contributed by atoms with Crippen LogP contribution >= 0.6 is 0 Å². The van der Waals surface area contributed by atoms with E-state index in [1.165, 1.54) is 18.6 Å². The van der Waals surface area contributed by atoms with Crippen molar-refractivity contribution in [3.8, 4) is 0 Å². The largest absolute Gasteiger partial charge is 0.382 e. The Morgan fingerprint density at radius 3 is 2.84 bits per heavy atom.